The van der Waals surface area contributed by atoms with Gasteiger partial charge in [0.25, 0.3) is 0 Å². The van der Waals surface area contributed by atoms with E-state index in [9.17, 15) is 8.42 Å². The van der Waals surface area contributed by atoms with Crippen LogP contribution in [-0.4, -0.2) is 31.2 Å². The largest absolute Gasteiger partial charge is 0.340 e. The van der Waals surface area contributed by atoms with E-state index in [2.05, 4.69) is 51.3 Å². The molecule has 7 nitrogen and oxygen atoms in total. The van der Waals surface area contributed by atoms with Gasteiger partial charge in [-0.25, -0.2) is 23.1 Å². The van der Waals surface area contributed by atoms with Crippen molar-refractivity contribution in [2.45, 2.75) is 36.5 Å². The highest BCUT2D eigenvalue weighted by Gasteiger charge is 2.15. The van der Waals surface area contributed by atoms with Gasteiger partial charge in [0, 0.05) is 16.6 Å². The molecule has 0 aliphatic rings. The molecule has 0 spiro atoms. The summed E-state index contributed by atoms with van der Waals surface area (Å²) in [5.74, 6) is 2.53. The molecule has 9 heteroatoms. The van der Waals surface area contributed by atoms with Crippen molar-refractivity contribution in [3.63, 3.8) is 0 Å². The summed E-state index contributed by atoms with van der Waals surface area (Å²) in [6.45, 7) is 6.36. The second-order valence-electron chi connectivity index (χ2n) is 7.11. The monoisotopic (exact) mass is 457 g/mol. The van der Waals surface area contributed by atoms with Crippen molar-refractivity contribution in [3.8, 4) is 0 Å². The van der Waals surface area contributed by atoms with E-state index >= 15 is 0 Å². The lowest BCUT2D eigenvalue weighted by Crippen LogP contribution is -2.18. The summed E-state index contributed by atoms with van der Waals surface area (Å²) in [7, 11) is -2.15. The molecule has 0 radical (unpaired) electrons. The number of benzene rings is 2. The molecule has 3 aromatic rings. The van der Waals surface area contributed by atoms with Crippen LogP contribution in [0.3, 0.4) is 0 Å². The third-order valence-electron chi connectivity index (χ3n) is 4.61. The minimum Gasteiger partial charge on any atom is -0.340 e. The number of rotatable bonds is 9. The van der Waals surface area contributed by atoms with E-state index in [4.69, 9.17) is 0 Å². The Balaban J connectivity index is 1.85. The molecule has 0 amide bonds. The zero-order valence-corrected chi connectivity index (χ0v) is 19.6. The number of anilines is 4. The van der Waals surface area contributed by atoms with E-state index in [0.29, 0.717) is 23.2 Å². The second kappa shape index (κ2) is 10.1. The Morgan fingerprint density at radius 3 is 2.26 bits per heavy atom. The molecule has 1 aromatic heterocycles. The fourth-order valence-electron chi connectivity index (χ4n) is 2.90. The molecule has 0 aliphatic heterocycles. The first kappa shape index (κ1) is 23.1. The zero-order chi connectivity index (χ0) is 22.4. The molecule has 0 saturated heterocycles. The molecule has 3 N–H and O–H groups in total. The van der Waals surface area contributed by atoms with Crippen LogP contribution in [0.15, 0.2) is 64.6 Å². The maximum Gasteiger partial charge on any atom is 0.240 e. The maximum absolute atomic E-state index is 12.2. The van der Waals surface area contributed by atoms with Crippen LogP contribution in [0.25, 0.3) is 0 Å². The molecular weight excluding hydrogens is 430 g/mol. The molecular formula is C22H27N5O2S2. The fourth-order valence-corrected chi connectivity index (χ4v) is 4.40. The van der Waals surface area contributed by atoms with Gasteiger partial charge in [0.2, 0.25) is 10.0 Å². The van der Waals surface area contributed by atoms with E-state index in [-0.39, 0.29) is 4.90 Å². The van der Waals surface area contributed by atoms with Crippen molar-refractivity contribution < 1.29 is 8.42 Å². The van der Waals surface area contributed by atoms with Crippen LogP contribution in [0.5, 0.6) is 0 Å². The Bertz CT molecular complexity index is 1130. The van der Waals surface area contributed by atoms with Gasteiger partial charge in [-0.2, -0.15) is 0 Å². The van der Waals surface area contributed by atoms with Crippen LogP contribution < -0.4 is 15.4 Å². The molecule has 0 saturated carbocycles. The van der Waals surface area contributed by atoms with Gasteiger partial charge < -0.3 is 10.6 Å². The smallest absolute Gasteiger partial charge is 0.240 e. The Kier molecular flexibility index (Phi) is 7.53. The number of nitrogens with one attached hydrogen (secondary N) is 3. The van der Waals surface area contributed by atoms with Crippen LogP contribution >= 0.6 is 11.8 Å². The predicted molar refractivity (Wildman–Crippen MR) is 128 cm³/mol. The van der Waals surface area contributed by atoms with Gasteiger partial charge in [0.05, 0.1) is 10.6 Å². The van der Waals surface area contributed by atoms with Crippen molar-refractivity contribution >= 4 is 44.8 Å². The quantitative estimate of drug-likeness (QED) is 0.384. The standard InChI is InChI=1S/C22H27N5O2S2/c1-5-30-20-11-10-18(31(28,29)23-4)12-19(20)27-22-13-21(24-14-25-22)26-17-8-6-16(7-9-17)15(2)3/h6-15,23H,5H2,1-4H3,(H2,24,25,26,27). The van der Waals surface area contributed by atoms with E-state index < -0.39 is 10.0 Å². The lowest BCUT2D eigenvalue weighted by molar-refractivity contribution is 0.588. The minimum atomic E-state index is -3.55. The molecule has 2 aromatic carbocycles. The van der Waals surface area contributed by atoms with E-state index in [1.54, 1.807) is 36.0 Å². The summed E-state index contributed by atoms with van der Waals surface area (Å²) in [6, 6.07) is 15.0. The van der Waals surface area contributed by atoms with Gasteiger partial charge in [-0.05, 0) is 54.6 Å². The molecule has 0 fully saturated rings. The number of sulfonamides is 1. The molecule has 1 heterocycles. The summed E-state index contributed by atoms with van der Waals surface area (Å²) in [5, 5.41) is 6.52. The Morgan fingerprint density at radius 2 is 1.65 bits per heavy atom. The Labute approximate surface area is 188 Å². The van der Waals surface area contributed by atoms with E-state index in [1.165, 1.54) is 18.9 Å². The first-order chi connectivity index (χ1) is 14.8. The summed E-state index contributed by atoms with van der Waals surface area (Å²) < 4.78 is 26.8. The van der Waals surface area contributed by atoms with E-state index in [0.717, 1.165) is 16.3 Å². The number of nitrogens with zero attached hydrogens (tertiary/aromatic N) is 2. The van der Waals surface area contributed by atoms with Crippen LogP contribution in [0, 0.1) is 0 Å². The molecule has 0 aliphatic carbocycles. The highest BCUT2D eigenvalue weighted by Crippen LogP contribution is 2.32. The number of thioether (sulfide) groups is 1. The van der Waals surface area contributed by atoms with Crippen molar-refractivity contribution in [3.05, 3.63) is 60.4 Å². The predicted octanol–water partition coefficient (Wildman–Crippen LogP) is 5.11. The van der Waals surface area contributed by atoms with E-state index in [1.807, 2.05) is 19.1 Å². The lowest BCUT2D eigenvalue weighted by Gasteiger charge is -2.14. The molecule has 164 valence electrons. The minimum absolute atomic E-state index is 0.190. The first-order valence-corrected chi connectivity index (χ1v) is 12.5. The van der Waals surface area contributed by atoms with Crippen molar-refractivity contribution in [2.75, 3.05) is 23.4 Å². The van der Waals surface area contributed by atoms with Crippen LogP contribution in [0.4, 0.5) is 23.0 Å². The third kappa shape index (κ3) is 5.96. The molecule has 0 atom stereocenters. The summed E-state index contributed by atoms with van der Waals surface area (Å²) in [5.41, 5.74) is 2.88. The molecule has 0 unspecified atom stereocenters. The fraction of sp³-hybridized carbons (Fsp3) is 0.273. The average molecular weight is 458 g/mol. The number of hydrogen-bond donors (Lipinski definition) is 3. The van der Waals surface area contributed by atoms with Crippen molar-refractivity contribution in [2.24, 2.45) is 0 Å². The first-order valence-electron chi connectivity index (χ1n) is 9.99. The zero-order valence-electron chi connectivity index (χ0n) is 18.0. The normalized spacial score (nSPS) is 11.5. The maximum atomic E-state index is 12.2. The number of hydrogen-bond acceptors (Lipinski definition) is 7. The molecule has 31 heavy (non-hydrogen) atoms. The molecule has 3 rings (SSSR count). The second-order valence-corrected chi connectivity index (χ2v) is 10.3. The summed E-state index contributed by atoms with van der Waals surface area (Å²) >= 11 is 1.62. The third-order valence-corrected chi connectivity index (χ3v) is 6.98. The lowest BCUT2D eigenvalue weighted by atomic mass is 10.0. The van der Waals surface area contributed by atoms with Gasteiger partial charge in [0.15, 0.2) is 0 Å². The highest BCUT2D eigenvalue weighted by atomic mass is 32.2. The SMILES string of the molecule is CCSc1ccc(S(=O)(=O)NC)cc1Nc1cc(Nc2ccc(C(C)C)cc2)ncn1. The van der Waals surface area contributed by atoms with Gasteiger partial charge in [0.1, 0.15) is 18.0 Å². The average Bonchev–Trinajstić information content (AvgIpc) is 2.75. The summed E-state index contributed by atoms with van der Waals surface area (Å²) in [6.07, 6.45) is 1.47. The van der Waals surface area contributed by atoms with Crippen LogP contribution in [-0.2, 0) is 10.0 Å². The Hall–Kier alpha value is -2.62. The van der Waals surface area contributed by atoms with Gasteiger partial charge in [-0.1, -0.05) is 32.9 Å². The Morgan fingerprint density at radius 1 is 0.968 bits per heavy atom. The molecule has 0 bridgehead atoms. The summed E-state index contributed by atoms with van der Waals surface area (Å²) in [4.78, 5) is 9.71. The highest BCUT2D eigenvalue weighted by molar-refractivity contribution is 7.99. The van der Waals surface area contributed by atoms with Crippen LogP contribution in [0.1, 0.15) is 32.3 Å². The topological polar surface area (TPSA) is 96.0 Å². The van der Waals surface area contributed by atoms with Gasteiger partial charge in [-0.3, -0.25) is 0 Å². The number of aromatic nitrogens is 2. The van der Waals surface area contributed by atoms with Gasteiger partial charge >= 0.3 is 0 Å². The van der Waals surface area contributed by atoms with Crippen molar-refractivity contribution in [1.82, 2.24) is 14.7 Å². The van der Waals surface area contributed by atoms with Crippen LogP contribution in [0.2, 0.25) is 0 Å². The van der Waals surface area contributed by atoms with Gasteiger partial charge in [-0.15, -0.1) is 11.8 Å². The van der Waals surface area contributed by atoms with Crippen molar-refractivity contribution in [1.29, 1.82) is 0 Å².